The summed E-state index contributed by atoms with van der Waals surface area (Å²) in [6.07, 6.45) is 7.27. The fraction of sp³-hybridized carbons (Fsp3) is 0.900. The normalized spacial score (nSPS) is 15.0. The summed E-state index contributed by atoms with van der Waals surface area (Å²) in [4.78, 5) is 18.1. The number of unbranched alkanes of at least 4 members (excludes halogenated alkanes) is 3. The number of carbonyl (C=O) groups excluding carboxylic acids is 1. The molecule has 1 saturated carbocycles. The number of ether oxygens (including phenoxy) is 2. The lowest BCUT2D eigenvalue weighted by Crippen LogP contribution is -2.40. The molecule has 0 aromatic rings. The van der Waals surface area contributed by atoms with Crippen molar-refractivity contribution in [2.45, 2.75) is 71.3 Å². The first-order valence-electron chi connectivity index (χ1n) is 10.0. The summed E-state index contributed by atoms with van der Waals surface area (Å²) in [7, 11) is 3.85. The van der Waals surface area contributed by atoms with E-state index >= 15 is 0 Å². The minimum Gasteiger partial charge on any atom is -0.460 e. The molecule has 0 saturated heterocycles. The van der Waals surface area contributed by atoms with E-state index in [1.54, 1.807) is 0 Å². The van der Waals surface area contributed by atoms with Gasteiger partial charge in [0.25, 0.3) is 0 Å². The van der Waals surface area contributed by atoms with Gasteiger partial charge in [0.2, 0.25) is 0 Å². The van der Waals surface area contributed by atoms with E-state index in [2.05, 4.69) is 15.2 Å². The Morgan fingerprint density at radius 2 is 1.88 bits per heavy atom. The van der Waals surface area contributed by atoms with Crippen molar-refractivity contribution in [1.82, 2.24) is 10.2 Å². The molecule has 6 heteroatoms. The quantitative estimate of drug-likeness (QED) is 0.248. The molecule has 0 heterocycles. The zero-order valence-electron chi connectivity index (χ0n) is 17.5. The van der Waals surface area contributed by atoms with E-state index in [0.29, 0.717) is 6.42 Å². The second-order valence-corrected chi connectivity index (χ2v) is 8.16. The Morgan fingerprint density at radius 1 is 1.19 bits per heavy atom. The Kier molecular flexibility index (Phi) is 10.6. The van der Waals surface area contributed by atoms with Crippen LogP contribution in [0.4, 0.5) is 0 Å². The van der Waals surface area contributed by atoms with Gasteiger partial charge in [0, 0.05) is 40.2 Å². The molecule has 0 bridgehead atoms. The maximum absolute atomic E-state index is 11.6. The highest BCUT2D eigenvalue weighted by Crippen LogP contribution is 2.28. The van der Waals surface area contributed by atoms with Crippen molar-refractivity contribution in [1.29, 1.82) is 0 Å². The standard InChI is InChI=1S/C20H39N3O3/c1-20(2,3)26-18(24)10-8-6-7-9-13-22-19(21-4)23(5)14-15-25-16-17-11-12-17/h17H,6-16H2,1-5H3,(H,21,22). The van der Waals surface area contributed by atoms with E-state index in [1.165, 1.54) is 12.8 Å². The lowest BCUT2D eigenvalue weighted by molar-refractivity contribution is -0.154. The number of likely N-dealkylation sites (N-methyl/N-ethyl adjacent to an activating group) is 1. The van der Waals surface area contributed by atoms with Gasteiger partial charge in [0.1, 0.15) is 5.60 Å². The number of guanidine groups is 1. The molecule has 0 radical (unpaired) electrons. The molecule has 0 atom stereocenters. The topological polar surface area (TPSA) is 63.2 Å². The Hall–Kier alpha value is -1.30. The number of rotatable bonds is 12. The Balaban J connectivity index is 1.99. The lowest BCUT2D eigenvalue weighted by Gasteiger charge is -2.22. The number of carbonyl (C=O) groups is 1. The first-order chi connectivity index (χ1) is 12.3. The highest BCUT2D eigenvalue weighted by Gasteiger charge is 2.21. The van der Waals surface area contributed by atoms with Gasteiger partial charge >= 0.3 is 5.97 Å². The Morgan fingerprint density at radius 3 is 2.50 bits per heavy atom. The molecule has 1 rings (SSSR count). The van der Waals surface area contributed by atoms with Gasteiger partial charge in [-0.1, -0.05) is 12.8 Å². The van der Waals surface area contributed by atoms with E-state index in [0.717, 1.165) is 63.9 Å². The van der Waals surface area contributed by atoms with Crippen LogP contribution < -0.4 is 5.32 Å². The Bertz CT molecular complexity index is 429. The van der Waals surface area contributed by atoms with Crippen molar-refractivity contribution >= 4 is 11.9 Å². The van der Waals surface area contributed by atoms with Gasteiger partial charge < -0.3 is 19.7 Å². The van der Waals surface area contributed by atoms with Crippen LogP contribution in [0.3, 0.4) is 0 Å². The highest BCUT2D eigenvalue weighted by molar-refractivity contribution is 5.79. The largest absolute Gasteiger partial charge is 0.460 e. The summed E-state index contributed by atoms with van der Waals surface area (Å²) in [5.41, 5.74) is -0.383. The van der Waals surface area contributed by atoms with E-state index in [4.69, 9.17) is 9.47 Å². The van der Waals surface area contributed by atoms with Gasteiger partial charge in [-0.15, -0.1) is 0 Å². The van der Waals surface area contributed by atoms with Crippen LogP contribution >= 0.6 is 0 Å². The third-order valence-electron chi connectivity index (χ3n) is 4.21. The van der Waals surface area contributed by atoms with Crippen molar-refractivity contribution in [3.8, 4) is 0 Å². The third kappa shape index (κ3) is 12.1. The minimum absolute atomic E-state index is 0.0958. The molecule has 0 aromatic heterocycles. The monoisotopic (exact) mass is 369 g/mol. The van der Waals surface area contributed by atoms with Crippen molar-refractivity contribution in [3.05, 3.63) is 0 Å². The maximum atomic E-state index is 11.6. The van der Waals surface area contributed by atoms with Gasteiger partial charge in [-0.05, 0) is 52.4 Å². The fourth-order valence-electron chi connectivity index (χ4n) is 2.57. The fourth-order valence-corrected chi connectivity index (χ4v) is 2.57. The molecular weight excluding hydrogens is 330 g/mol. The number of esters is 1. The van der Waals surface area contributed by atoms with Crippen LogP contribution in [0.25, 0.3) is 0 Å². The van der Waals surface area contributed by atoms with Crippen LogP contribution in [0.1, 0.15) is 65.7 Å². The molecular formula is C20H39N3O3. The number of hydrogen-bond donors (Lipinski definition) is 1. The third-order valence-corrected chi connectivity index (χ3v) is 4.21. The predicted octanol–water partition coefficient (Wildman–Crippen LogP) is 3.21. The molecule has 1 fully saturated rings. The van der Waals surface area contributed by atoms with E-state index in [-0.39, 0.29) is 11.6 Å². The zero-order valence-corrected chi connectivity index (χ0v) is 17.5. The van der Waals surface area contributed by atoms with Crippen LogP contribution in [-0.2, 0) is 14.3 Å². The molecule has 152 valence electrons. The molecule has 26 heavy (non-hydrogen) atoms. The molecule has 1 aliphatic carbocycles. The van der Waals surface area contributed by atoms with Crippen molar-refractivity contribution < 1.29 is 14.3 Å². The first kappa shape index (κ1) is 22.7. The van der Waals surface area contributed by atoms with Crippen LogP contribution in [0, 0.1) is 5.92 Å². The second-order valence-electron chi connectivity index (χ2n) is 8.16. The second kappa shape index (κ2) is 12.2. The van der Waals surface area contributed by atoms with Crippen molar-refractivity contribution in [2.75, 3.05) is 40.4 Å². The lowest BCUT2D eigenvalue weighted by atomic mass is 10.1. The molecule has 0 spiro atoms. The first-order valence-corrected chi connectivity index (χ1v) is 10.0. The summed E-state index contributed by atoms with van der Waals surface area (Å²) in [6, 6.07) is 0. The number of nitrogens with zero attached hydrogens (tertiary/aromatic N) is 2. The maximum Gasteiger partial charge on any atom is 0.306 e. The van der Waals surface area contributed by atoms with Gasteiger partial charge in [0.15, 0.2) is 5.96 Å². The average Bonchev–Trinajstić information content (AvgIpc) is 3.36. The molecule has 1 aliphatic rings. The molecule has 0 amide bonds. The summed E-state index contributed by atoms with van der Waals surface area (Å²) in [5.74, 6) is 1.63. The van der Waals surface area contributed by atoms with Gasteiger partial charge in [0.05, 0.1) is 6.61 Å². The molecule has 0 aromatic carbocycles. The van der Waals surface area contributed by atoms with Crippen LogP contribution in [0.15, 0.2) is 4.99 Å². The molecule has 0 aliphatic heterocycles. The summed E-state index contributed by atoms with van der Waals surface area (Å²) in [6.45, 7) is 9.11. The van der Waals surface area contributed by atoms with E-state index in [9.17, 15) is 4.79 Å². The summed E-state index contributed by atoms with van der Waals surface area (Å²) in [5, 5.41) is 3.39. The van der Waals surface area contributed by atoms with Gasteiger partial charge in [-0.3, -0.25) is 9.79 Å². The van der Waals surface area contributed by atoms with Crippen LogP contribution in [0.2, 0.25) is 0 Å². The number of aliphatic imine (C=N–C) groups is 1. The highest BCUT2D eigenvalue weighted by atomic mass is 16.6. The molecule has 1 N–H and O–H groups in total. The van der Waals surface area contributed by atoms with E-state index < -0.39 is 0 Å². The zero-order chi connectivity index (χ0) is 19.4. The molecule has 6 nitrogen and oxygen atoms in total. The summed E-state index contributed by atoms with van der Waals surface area (Å²) < 4.78 is 11.0. The van der Waals surface area contributed by atoms with Gasteiger partial charge in [-0.25, -0.2) is 0 Å². The minimum atomic E-state index is -0.383. The predicted molar refractivity (Wildman–Crippen MR) is 106 cm³/mol. The van der Waals surface area contributed by atoms with E-state index in [1.807, 2.05) is 34.9 Å². The summed E-state index contributed by atoms with van der Waals surface area (Å²) >= 11 is 0. The van der Waals surface area contributed by atoms with Gasteiger partial charge in [-0.2, -0.15) is 0 Å². The number of hydrogen-bond acceptors (Lipinski definition) is 4. The average molecular weight is 370 g/mol. The number of nitrogens with one attached hydrogen (secondary N) is 1. The van der Waals surface area contributed by atoms with Crippen LogP contribution in [0.5, 0.6) is 0 Å². The Labute approximate surface area is 159 Å². The smallest absolute Gasteiger partial charge is 0.306 e. The molecule has 0 unspecified atom stereocenters. The van der Waals surface area contributed by atoms with Crippen molar-refractivity contribution in [3.63, 3.8) is 0 Å². The van der Waals surface area contributed by atoms with Crippen molar-refractivity contribution in [2.24, 2.45) is 10.9 Å². The van der Waals surface area contributed by atoms with Crippen LogP contribution in [-0.4, -0.2) is 62.8 Å². The SMILES string of the molecule is CN=C(NCCCCCCC(=O)OC(C)(C)C)N(C)CCOCC1CC1.